The third-order valence-electron chi connectivity index (χ3n) is 7.26. The standard InChI is InChI=1S/C35H45N5O10/c1-20(2)30-32(46)38-27(17-22-8-13-25(42)14-9-22)33(47)49-19-23(10-15-28(43)40-30)37-29(44)18-36-31(45)26(39-34(48)50-35(3,4)5)16-21-6-11-24(41)12-7-21/h6-15,20,23,26-27,30,41-42H,16-19H2,1-5H3,(H,36,45)(H,37,44)(H,38,46)(H,39,48)(H,40,43)/b15-10-/t23-,26+,27+,30+/m1/s1. The Hall–Kier alpha value is -5.60. The molecule has 2 aromatic rings. The van der Waals surface area contributed by atoms with E-state index in [0.29, 0.717) is 11.1 Å². The highest BCUT2D eigenvalue weighted by Crippen LogP contribution is 2.14. The molecule has 1 aliphatic heterocycles. The summed E-state index contributed by atoms with van der Waals surface area (Å²) in [5.74, 6) is -3.72. The quantitative estimate of drug-likeness (QED) is 0.176. The van der Waals surface area contributed by atoms with Crippen LogP contribution in [0, 0.1) is 5.92 Å². The van der Waals surface area contributed by atoms with E-state index in [4.69, 9.17) is 9.47 Å². The number of alkyl carbamates (subject to hydrolysis) is 1. The van der Waals surface area contributed by atoms with Crippen molar-refractivity contribution in [1.29, 1.82) is 0 Å². The lowest BCUT2D eigenvalue weighted by Crippen LogP contribution is -2.55. The molecule has 0 aromatic heterocycles. The second-order valence-electron chi connectivity index (χ2n) is 13.1. The smallest absolute Gasteiger partial charge is 0.408 e. The number of benzene rings is 2. The molecule has 0 fully saturated rings. The highest BCUT2D eigenvalue weighted by Gasteiger charge is 2.31. The SMILES string of the molecule is CC(C)[C@@H]1NC(=O)/C=C\[C@@H](NC(=O)CNC(=O)[C@H](Cc2ccc(O)cc2)NC(=O)OC(C)(C)C)COC(=O)[C@H](Cc2ccc(O)cc2)NC1=O. The Bertz CT molecular complexity index is 1550. The Kier molecular flexibility index (Phi) is 13.7. The minimum Gasteiger partial charge on any atom is -0.508 e. The maximum atomic E-state index is 13.2. The van der Waals surface area contributed by atoms with E-state index in [1.54, 1.807) is 58.9 Å². The van der Waals surface area contributed by atoms with Crippen LogP contribution in [0.15, 0.2) is 60.7 Å². The van der Waals surface area contributed by atoms with Crippen molar-refractivity contribution in [1.82, 2.24) is 26.6 Å². The predicted octanol–water partition coefficient (Wildman–Crippen LogP) is 1.12. The summed E-state index contributed by atoms with van der Waals surface area (Å²) in [6, 6.07) is 7.76. The zero-order chi connectivity index (χ0) is 37.0. The molecule has 50 heavy (non-hydrogen) atoms. The van der Waals surface area contributed by atoms with Crippen molar-refractivity contribution in [3.05, 3.63) is 71.8 Å². The second kappa shape index (κ2) is 17.7. The van der Waals surface area contributed by atoms with Gasteiger partial charge in [0.1, 0.15) is 41.8 Å². The molecular formula is C35H45N5O10. The molecule has 0 saturated carbocycles. The minimum absolute atomic E-state index is 0.0165. The Morgan fingerprint density at radius 2 is 1.54 bits per heavy atom. The summed E-state index contributed by atoms with van der Waals surface area (Å²) in [5, 5.41) is 32.1. The summed E-state index contributed by atoms with van der Waals surface area (Å²) >= 11 is 0. The summed E-state index contributed by atoms with van der Waals surface area (Å²) in [6.45, 7) is 7.49. The van der Waals surface area contributed by atoms with E-state index in [0.717, 1.165) is 6.08 Å². The van der Waals surface area contributed by atoms with Crippen LogP contribution in [0.5, 0.6) is 11.5 Å². The van der Waals surface area contributed by atoms with Gasteiger partial charge in [0.25, 0.3) is 0 Å². The van der Waals surface area contributed by atoms with Crippen molar-refractivity contribution in [3.8, 4) is 11.5 Å². The molecule has 15 heteroatoms. The van der Waals surface area contributed by atoms with Crippen LogP contribution in [0.25, 0.3) is 0 Å². The zero-order valence-electron chi connectivity index (χ0n) is 28.6. The van der Waals surface area contributed by atoms with Crippen molar-refractivity contribution in [2.75, 3.05) is 13.2 Å². The zero-order valence-corrected chi connectivity index (χ0v) is 28.6. The molecule has 5 amide bonds. The van der Waals surface area contributed by atoms with E-state index in [-0.39, 0.29) is 30.3 Å². The van der Waals surface area contributed by atoms with Gasteiger partial charge >= 0.3 is 12.1 Å². The van der Waals surface area contributed by atoms with E-state index in [9.17, 15) is 39.0 Å². The lowest BCUT2D eigenvalue weighted by Gasteiger charge is -2.26. The topological polar surface area (TPSA) is 221 Å². The summed E-state index contributed by atoms with van der Waals surface area (Å²) in [6.07, 6.45) is 1.59. The van der Waals surface area contributed by atoms with Crippen LogP contribution in [-0.4, -0.2) is 88.8 Å². The van der Waals surface area contributed by atoms with Crippen molar-refractivity contribution in [2.24, 2.45) is 5.92 Å². The van der Waals surface area contributed by atoms with Gasteiger partial charge in [-0.05, 0) is 62.1 Å². The molecular weight excluding hydrogens is 650 g/mol. The largest absolute Gasteiger partial charge is 0.508 e. The first-order valence-corrected chi connectivity index (χ1v) is 16.1. The lowest BCUT2D eigenvalue weighted by molar-refractivity contribution is -0.149. The number of carbonyl (C=O) groups excluding carboxylic acids is 6. The van der Waals surface area contributed by atoms with Crippen LogP contribution in [0.3, 0.4) is 0 Å². The molecule has 7 N–H and O–H groups in total. The average molecular weight is 696 g/mol. The van der Waals surface area contributed by atoms with Gasteiger partial charge in [0.2, 0.25) is 23.6 Å². The van der Waals surface area contributed by atoms with Gasteiger partial charge < -0.3 is 46.3 Å². The Morgan fingerprint density at radius 1 is 0.940 bits per heavy atom. The number of rotatable bonds is 10. The van der Waals surface area contributed by atoms with Gasteiger partial charge in [0.05, 0.1) is 12.6 Å². The van der Waals surface area contributed by atoms with Crippen LogP contribution in [0.1, 0.15) is 45.7 Å². The first kappa shape index (κ1) is 38.8. The van der Waals surface area contributed by atoms with Gasteiger partial charge in [0.15, 0.2) is 0 Å². The van der Waals surface area contributed by atoms with Gasteiger partial charge in [0, 0.05) is 18.9 Å². The molecule has 2 aromatic carbocycles. The minimum atomic E-state index is -1.16. The fraction of sp³-hybridized carbons (Fsp3) is 0.429. The third kappa shape index (κ3) is 13.1. The van der Waals surface area contributed by atoms with Gasteiger partial charge in [-0.25, -0.2) is 9.59 Å². The molecule has 0 saturated heterocycles. The number of phenols is 2. The molecule has 15 nitrogen and oxygen atoms in total. The Balaban J connectivity index is 1.72. The molecule has 0 spiro atoms. The summed E-state index contributed by atoms with van der Waals surface area (Å²) in [7, 11) is 0. The number of cyclic esters (lactones) is 1. The van der Waals surface area contributed by atoms with Gasteiger partial charge in [-0.2, -0.15) is 0 Å². The summed E-state index contributed by atoms with van der Waals surface area (Å²) in [5.41, 5.74) is 0.395. The number of amides is 5. The number of esters is 1. The Morgan fingerprint density at radius 3 is 2.12 bits per heavy atom. The van der Waals surface area contributed by atoms with E-state index in [1.807, 2.05) is 0 Å². The monoisotopic (exact) mass is 695 g/mol. The van der Waals surface area contributed by atoms with Crippen LogP contribution >= 0.6 is 0 Å². The summed E-state index contributed by atoms with van der Waals surface area (Å²) < 4.78 is 10.8. The number of phenolic OH excluding ortho intramolecular Hbond substituents is 2. The number of carbonyl (C=O) groups is 6. The average Bonchev–Trinajstić information content (AvgIpc) is 3.03. The van der Waals surface area contributed by atoms with Crippen LogP contribution in [0.2, 0.25) is 0 Å². The van der Waals surface area contributed by atoms with Crippen molar-refractivity contribution in [2.45, 2.75) is 77.2 Å². The maximum absolute atomic E-state index is 13.2. The molecule has 3 rings (SSSR count). The van der Waals surface area contributed by atoms with Crippen LogP contribution < -0.4 is 26.6 Å². The lowest BCUT2D eigenvalue weighted by atomic mass is 10.0. The summed E-state index contributed by atoms with van der Waals surface area (Å²) in [4.78, 5) is 77.7. The van der Waals surface area contributed by atoms with Crippen molar-refractivity contribution in [3.63, 3.8) is 0 Å². The first-order chi connectivity index (χ1) is 23.5. The number of hydrogen-bond donors (Lipinski definition) is 7. The highest BCUT2D eigenvalue weighted by molar-refractivity contribution is 5.95. The molecule has 1 aliphatic rings. The van der Waals surface area contributed by atoms with Crippen molar-refractivity contribution >= 4 is 35.7 Å². The van der Waals surface area contributed by atoms with E-state index < -0.39 is 78.6 Å². The third-order valence-corrected chi connectivity index (χ3v) is 7.26. The molecule has 0 unspecified atom stereocenters. The van der Waals surface area contributed by atoms with Crippen molar-refractivity contribution < 1.29 is 48.5 Å². The Labute approximate surface area is 290 Å². The number of nitrogens with one attached hydrogen (secondary N) is 5. The normalized spacial score (nSPS) is 19.7. The fourth-order valence-electron chi connectivity index (χ4n) is 4.76. The maximum Gasteiger partial charge on any atom is 0.408 e. The van der Waals surface area contributed by atoms with Gasteiger partial charge in [-0.15, -0.1) is 0 Å². The van der Waals surface area contributed by atoms with Gasteiger partial charge in [-0.1, -0.05) is 44.2 Å². The molecule has 0 bridgehead atoms. The van der Waals surface area contributed by atoms with E-state index in [1.165, 1.54) is 30.3 Å². The number of aromatic hydroxyl groups is 2. The molecule has 270 valence electrons. The molecule has 0 radical (unpaired) electrons. The van der Waals surface area contributed by atoms with Gasteiger partial charge in [-0.3, -0.25) is 19.2 Å². The molecule has 0 aliphatic carbocycles. The highest BCUT2D eigenvalue weighted by atomic mass is 16.6. The molecule has 4 atom stereocenters. The molecule has 1 heterocycles. The van der Waals surface area contributed by atoms with Crippen LogP contribution in [-0.2, 0) is 46.3 Å². The van der Waals surface area contributed by atoms with Crippen LogP contribution in [0.4, 0.5) is 4.79 Å². The second-order valence-corrected chi connectivity index (χ2v) is 13.1. The fourth-order valence-corrected chi connectivity index (χ4v) is 4.76. The van der Waals surface area contributed by atoms with E-state index >= 15 is 0 Å². The number of ether oxygens (including phenoxy) is 2. The predicted molar refractivity (Wildman–Crippen MR) is 181 cm³/mol. The first-order valence-electron chi connectivity index (χ1n) is 16.1. The number of hydrogen-bond acceptors (Lipinski definition) is 10. The van der Waals surface area contributed by atoms with E-state index in [2.05, 4.69) is 26.6 Å².